The number of likely N-dealkylation sites (N-methyl/N-ethyl adjacent to an activating group) is 1. The molecular formula is C16H14ClN5O4. The minimum Gasteiger partial charge on any atom is -0.368 e. The Kier molecular flexibility index (Phi) is 4.72. The van der Waals surface area contributed by atoms with E-state index >= 15 is 0 Å². The molecule has 1 aliphatic rings. The molecular weight excluding hydrogens is 362 g/mol. The lowest BCUT2D eigenvalue weighted by atomic mass is 10.1. The van der Waals surface area contributed by atoms with E-state index < -0.39 is 16.5 Å². The number of allylic oxidation sites excluding steroid dienone is 2. The van der Waals surface area contributed by atoms with E-state index in [1.165, 1.54) is 17.0 Å². The van der Waals surface area contributed by atoms with Crippen LogP contribution in [0.25, 0.3) is 0 Å². The molecule has 0 saturated heterocycles. The molecule has 9 nitrogen and oxygen atoms in total. The average Bonchev–Trinajstić information content (AvgIpc) is 2.97. The smallest absolute Gasteiger partial charge is 0.368 e. The van der Waals surface area contributed by atoms with Crippen LogP contribution in [-0.2, 0) is 16.1 Å². The topological polar surface area (TPSA) is 110 Å². The highest BCUT2D eigenvalue weighted by Gasteiger charge is 2.26. The van der Waals surface area contributed by atoms with Crippen molar-refractivity contribution in [2.45, 2.75) is 6.54 Å². The number of carbonyl (C=O) groups excluding carboxylic acids is 2. The molecule has 0 radical (unpaired) electrons. The SMILES string of the molecule is CN1CC(=O)C(=O)C=C1Cn1cnc([N+](=O)[O-])c1Nc1ccc(Cl)cc1. The Balaban J connectivity index is 1.93. The number of ketones is 2. The summed E-state index contributed by atoms with van der Waals surface area (Å²) >= 11 is 5.85. The zero-order valence-corrected chi connectivity index (χ0v) is 14.4. The van der Waals surface area contributed by atoms with E-state index in [-0.39, 0.29) is 24.7 Å². The van der Waals surface area contributed by atoms with Gasteiger partial charge >= 0.3 is 5.82 Å². The van der Waals surface area contributed by atoms with Crippen molar-refractivity contribution in [3.8, 4) is 0 Å². The van der Waals surface area contributed by atoms with Crippen molar-refractivity contribution in [1.82, 2.24) is 14.5 Å². The number of hydrogen-bond acceptors (Lipinski definition) is 7. The van der Waals surface area contributed by atoms with Crippen LogP contribution in [0.5, 0.6) is 0 Å². The summed E-state index contributed by atoms with van der Waals surface area (Å²) in [5.41, 5.74) is 1.15. The molecule has 0 bridgehead atoms. The first-order valence-corrected chi connectivity index (χ1v) is 7.94. The van der Waals surface area contributed by atoms with Gasteiger partial charge in [0.1, 0.15) is 0 Å². The number of nitrogens with one attached hydrogen (secondary N) is 1. The second-order valence-electron chi connectivity index (χ2n) is 5.71. The highest BCUT2D eigenvalue weighted by molar-refractivity contribution is 6.43. The summed E-state index contributed by atoms with van der Waals surface area (Å²) in [7, 11) is 1.67. The second kappa shape index (κ2) is 6.96. The fourth-order valence-corrected chi connectivity index (χ4v) is 2.63. The van der Waals surface area contributed by atoms with Crippen molar-refractivity contribution in [1.29, 1.82) is 0 Å². The zero-order valence-electron chi connectivity index (χ0n) is 13.7. The van der Waals surface area contributed by atoms with Gasteiger partial charge in [0.15, 0.2) is 0 Å². The fourth-order valence-electron chi connectivity index (χ4n) is 2.50. The lowest BCUT2D eigenvalue weighted by molar-refractivity contribution is -0.388. The minimum atomic E-state index is -0.595. The highest BCUT2D eigenvalue weighted by atomic mass is 35.5. The van der Waals surface area contributed by atoms with Gasteiger partial charge in [-0.2, -0.15) is 0 Å². The molecule has 1 aliphatic heterocycles. The van der Waals surface area contributed by atoms with Crippen molar-refractivity contribution in [2.24, 2.45) is 0 Å². The van der Waals surface area contributed by atoms with Crippen molar-refractivity contribution in [3.05, 3.63) is 57.5 Å². The van der Waals surface area contributed by atoms with Crippen LogP contribution in [0.15, 0.2) is 42.4 Å². The van der Waals surface area contributed by atoms with E-state index in [1.54, 1.807) is 36.2 Å². The number of halogens is 1. The summed E-state index contributed by atoms with van der Waals surface area (Å²) in [6, 6.07) is 6.66. The number of aromatic nitrogens is 2. The number of carbonyl (C=O) groups is 2. The Morgan fingerprint density at radius 2 is 2.00 bits per heavy atom. The molecule has 2 heterocycles. The molecule has 0 saturated carbocycles. The van der Waals surface area contributed by atoms with Gasteiger partial charge in [-0.25, -0.2) is 0 Å². The number of hydrogen-bond donors (Lipinski definition) is 1. The first kappa shape index (κ1) is 17.6. The van der Waals surface area contributed by atoms with E-state index in [0.717, 1.165) is 0 Å². The van der Waals surface area contributed by atoms with E-state index in [4.69, 9.17) is 11.6 Å². The number of nitrogens with zero attached hydrogens (tertiary/aromatic N) is 4. The maximum atomic E-state index is 11.6. The van der Waals surface area contributed by atoms with Crippen LogP contribution in [-0.4, -0.2) is 44.5 Å². The molecule has 3 rings (SSSR count). The van der Waals surface area contributed by atoms with Crippen LogP contribution in [0.4, 0.5) is 17.3 Å². The van der Waals surface area contributed by atoms with Gasteiger partial charge in [-0.3, -0.25) is 14.2 Å². The average molecular weight is 376 g/mol. The first-order valence-electron chi connectivity index (χ1n) is 7.56. The third-order valence-electron chi connectivity index (χ3n) is 3.87. The lowest BCUT2D eigenvalue weighted by Crippen LogP contribution is -2.36. The van der Waals surface area contributed by atoms with E-state index in [0.29, 0.717) is 16.4 Å². The highest BCUT2D eigenvalue weighted by Crippen LogP contribution is 2.28. The van der Waals surface area contributed by atoms with Gasteiger partial charge in [0.05, 0.1) is 13.1 Å². The number of rotatable bonds is 5. The predicted octanol–water partition coefficient (Wildman–Crippen LogP) is 2.16. The summed E-state index contributed by atoms with van der Waals surface area (Å²) in [6.07, 6.45) is 2.55. The zero-order chi connectivity index (χ0) is 18.8. The van der Waals surface area contributed by atoms with Gasteiger partial charge in [0, 0.05) is 29.5 Å². The van der Waals surface area contributed by atoms with Crippen LogP contribution in [0.1, 0.15) is 0 Å². The van der Waals surface area contributed by atoms with Crippen molar-refractivity contribution in [2.75, 3.05) is 18.9 Å². The summed E-state index contributed by atoms with van der Waals surface area (Å²) in [6.45, 7) is 0.119. The fraction of sp³-hybridized carbons (Fsp3) is 0.188. The quantitative estimate of drug-likeness (QED) is 0.484. The molecule has 0 unspecified atom stereocenters. The van der Waals surface area contributed by atoms with E-state index in [9.17, 15) is 19.7 Å². The summed E-state index contributed by atoms with van der Waals surface area (Å²) in [5.74, 6) is -1.26. The van der Waals surface area contributed by atoms with Gasteiger partial charge in [0.2, 0.25) is 23.7 Å². The molecule has 0 atom stereocenters. The van der Waals surface area contributed by atoms with E-state index in [2.05, 4.69) is 10.3 Å². The molecule has 0 aliphatic carbocycles. The van der Waals surface area contributed by atoms with Crippen LogP contribution < -0.4 is 5.32 Å². The number of nitro groups is 1. The number of Topliss-reactive ketones (excluding diaryl/α,β-unsaturated/α-hetero) is 1. The van der Waals surface area contributed by atoms with Crippen LogP contribution in [0.3, 0.4) is 0 Å². The Hall–Kier alpha value is -3.20. The lowest BCUT2D eigenvalue weighted by Gasteiger charge is -2.25. The maximum absolute atomic E-state index is 11.6. The van der Waals surface area contributed by atoms with Crippen molar-refractivity contribution in [3.63, 3.8) is 0 Å². The summed E-state index contributed by atoms with van der Waals surface area (Å²) in [5, 5.41) is 14.8. The molecule has 26 heavy (non-hydrogen) atoms. The third kappa shape index (κ3) is 3.57. The summed E-state index contributed by atoms with van der Waals surface area (Å²) < 4.78 is 1.51. The molecule has 0 fully saturated rings. The standard InChI is InChI=1S/C16H14ClN5O4/c1-20-8-14(24)13(23)6-12(20)7-21-9-18-15(22(25)26)16(21)19-11-4-2-10(17)3-5-11/h2-6,9,19H,7-8H2,1H3. The van der Waals surface area contributed by atoms with Gasteiger partial charge < -0.3 is 20.3 Å². The molecule has 134 valence electrons. The van der Waals surface area contributed by atoms with Crippen LogP contribution in [0.2, 0.25) is 5.02 Å². The molecule has 1 aromatic heterocycles. The van der Waals surface area contributed by atoms with Gasteiger partial charge in [-0.05, 0) is 34.2 Å². The molecule has 1 N–H and O–H groups in total. The third-order valence-corrected chi connectivity index (χ3v) is 4.13. The Bertz CT molecular complexity index is 919. The molecule has 10 heteroatoms. The van der Waals surface area contributed by atoms with Crippen LogP contribution in [0, 0.1) is 10.1 Å². The molecule has 0 amide bonds. The Labute approximate surface area is 153 Å². The molecule has 1 aromatic carbocycles. The Morgan fingerprint density at radius 3 is 2.65 bits per heavy atom. The van der Waals surface area contributed by atoms with Crippen molar-refractivity contribution >= 4 is 40.5 Å². The number of benzene rings is 1. The predicted molar refractivity (Wildman–Crippen MR) is 94.3 cm³/mol. The van der Waals surface area contributed by atoms with Gasteiger partial charge in [-0.15, -0.1) is 0 Å². The van der Waals surface area contributed by atoms with Crippen molar-refractivity contribution < 1.29 is 14.5 Å². The normalized spacial score (nSPS) is 14.4. The van der Waals surface area contributed by atoms with E-state index in [1.807, 2.05) is 0 Å². The minimum absolute atomic E-state index is 0.0264. The van der Waals surface area contributed by atoms with Gasteiger partial charge in [0.25, 0.3) is 0 Å². The first-order chi connectivity index (χ1) is 12.3. The van der Waals surface area contributed by atoms with Gasteiger partial charge in [-0.1, -0.05) is 11.6 Å². The maximum Gasteiger partial charge on any atom is 0.406 e. The number of imidazole rings is 1. The monoisotopic (exact) mass is 375 g/mol. The molecule has 2 aromatic rings. The second-order valence-corrected chi connectivity index (χ2v) is 6.15. The number of anilines is 2. The van der Waals surface area contributed by atoms with Crippen LogP contribution >= 0.6 is 11.6 Å². The summed E-state index contributed by atoms with van der Waals surface area (Å²) in [4.78, 5) is 39.3. The molecule has 0 spiro atoms. The largest absolute Gasteiger partial charge is 0.406 e. The Morgan fingerprint density at radius 1 is 1.31 bits per heavy atom.